The van der Waals surface area contributed by atoms with Gasteiger partial charge in [-0.2, -0.15) is 0 Å². The average molecular weight is 352 g/mol. The van der Waals surface area contributed by atoms with E-state index >= 15 is 0 Å². The van der Waals surface area contributed by atoms with E-state index in [0.717, 1.165) is 0 Å². The van der Waals surface area contributed by atoms with E-state index in [2.05, 4.69) is 17.2 Å². The molecule has 1 aromatic carbocycles. The zero-order valence-corrected chi connectivity index (χ0v) is 13.4. The van der Waals surface area contributed by atoms with E-state index in [1.54, 1.807) is 0 Å². The van der Waals surface area contributed by atoms with Crippen molar-refractivity contribution in [2.24, 2.45) is 0 Å². The number of nitrogens with one attached hydrogen (secondary N) is 2. The van der Waals surface area contributed by atoms with Crippen LogP contribution in [-0.4, -0.2) is 23.5 Å². The number of nitro benzene ring substituents is 1. The number of nitro groups is 1. The number of rotatable bonds is 5. The summed E-state index contributed by atoms with van der Waals surface area (Å²) >= 11 is 6.12. The highest BCUT2D eigenvalue weighted by Gasteiger charge is 2.34. The quantitative estimate of drug-likeness (QED) is 0.366. The van der Waals surface area contributed by atoms with Gasteiger partial charge in [0, 0.05) is 28.4 Å². The Bertz CT molecular complexity index is 759. The minimum atomic E-state index is -0.969. The molecule has 0 spiro atoms. The predicted octanol–water partition coefficient (Wildman–Crippen LogP) is 2.61. The number of amides is 2. The van der Waals surface area contributed by atoms with E-state index in [0.29, 0.717) is 0 Å². The van der Waals surface area contributed by atoms with E-state index in [4.69, 9.17) is 16.3 Å². The van der Waals surface area contributed by atoms with E-state index in [1.807, 2.05) is 0 Å². The molecule has 1 aliphatic rings. The Morgan fingerprint density at radius 1 is 1.54 bits per heavy atom. The molecule has 126 valence electrons. The van der Waals surface area contributed by atoms with Crippen LogP contribution >= 0.6 is 11.6 Å². The monoisotopic (exact) mass is 351 g/mol. The van der Waals surface area contributed by atoms with Gasteiger partial charge in [-0.25, -0.2) is 9.59 Å². The van der Waals surface area contributed by atoms with Gasteiger partial charge in [0.1, 0.15) is 6.61 Å². The molecule has 0 aliphatic carbocycles. The van der Waals surface area contributed by atoms with Crippen molar-refractivity contribution in [3.63, 3.8) is 0 Å². The maximum Gasteiger partial charge on any atom is 0.338 e. The Balaban J connectivity index is 2.52. The largest absolute Gasteiger partial charge is 0.458 e. The fraction of sp³-hybridized carbons (Fsp3) is 0.200. The summed E-state index contributed by atoms with van der Waals surface area (Å²) in [6, 6.07) is 2.27. The number of carbonyl (C=O) groups excluding carboxylic acids is 2. The van der Waals surface area contributed by atoms with Crippen LogP contribution in [0, 0.1) is 10.1 Å². The molecule has 0 saturated heterocycles. The number of ether oxygens (including phenoxy) is 1. The van der Waals surface area contributed by atoms with Crippen molar-refractivity contribution in [1.29, 1.82) is 0 Å². The molecule has 0 radical (unpaired) electrons. The molecule has 0 bridgehead atoms. The van der Waals surface area contributed by atoms with Gasteiger partial charge in [0.15, 0.2) is 0 Å². The van der Waals surface area contributed by atoms with Gasteiger partial charge in [0.25, 0.3) is 5.69 Å². The Morgan fingerprint density at radius 2 is 2.25 bits per heavy atom. The van der Waals surface area contributed by atoms with Crippen LogP contribution in [0.15, 0.2) is 42.1 Å². The molecular formula is C15H14ClN3O5. The smallest absolute Gasteiger partial charge is 0.338 e. The van der Waals surface area contributed by atoms with Crippen LogP contribution in [0.2, 0.25) is 5.02 Å². The number of allylic oxidation sites excluding steroid dienone is 1. The molecule has 1 aromatic rings. The average Bonchev–Trinajstić information content (AvgIpc) is 2.52. The second kappa shape index (κ2) is 7.14. The zero-order chi connectivity index (χ0) is 17.9. The SMILES string of the molecule is C=CCOC(=O)C1=C(C)NC(=O)NC1c1cc([N+](=O)[O-])ccc1Cl. The number of hydrogen-bond donors (Lipinski definition) is 2. The lowest BCUT2D eigenvalue weighted by molar-refractivity contribution is -0.384. The molecular weight excluding hydrogens is 338 g/mol. The van der Waals surface area contributed by atoms with Crippen LogP contribution in [0.5, 0.6) is 0 Å². The van der Waals surface area contributed by atoms with Gasteiger partial charge in [0.05, 0.1) is 16.5 Å². The highest BCUT2D eigenvalue weighted by Crippen LogP contribution is 2.34. The molecule has 24 heavy (non-hydrogen) atoms. The fourth-order valence-electron chi connectivity index (χ4n) is 2.28. The van der Waals surface area contributed by atoms with Gasteiger partial charge in [-0.3, -0.25) is 10.1 Å². The Morgan fingerprint density at radius 3 is 2.88 bits per heavy atom. The molecule has 2 amide bonds. The fourth-order valence-corrected chi connectivity index (χ4v) is 2.50. The normalized spacial score (nSPS) is 16.9. The highest BCUT2D eigenvalue weighted by molar-refractivity contribution is 6.31. The number of nitrogens with zero attached hydrogens (tertiary/aromatic N) is 1. The molecule has 1 heterocycles. The number of hydrogen-bond acceptors (Lipinski definition) is 5. The maximum atomic E-state index is 12.3. The number of non-ortho nitro benzene ring substituents is 1. The Labute approximate surface area is 142 Å². The number of urea groups is 1. The molecule has 8 nitrogen and oxygen atoms in total. The summed E-state index contributed by atoms with van der Waals surface area (Å²) in [5.74, 6) is -0.688. The van der Waals surface area contributed by atoms with Crippen LogP contribution in [0.1, 0.15) is 18.5 Å². The van der Waals surface area contributed by atoms with Crippen LogP contribution in [0.4, 0.5) is 10.5 Å². The van der Waals surface area contributed by atoms with E-state index in [9.17, 15) is 19.7 Å². The third-order valence-electron chi connectivity index (χ3n) is 3.32. The lowest BCUT2D eigenvalue weighted by atomic mass is 9.95. The van der Waals surface area contributed by atoms with Gasteiger partial charge < -0.3 is 15.4 Å². The predicted molar refractivity (Wildman–Crippen MR) is 86.4 cm³/mol. The lowest BCUT2D eigenvalue weighted by Gasteiger charge is -2.28. The van der Waals surface area contributed by atoms with Crippen molar-refractivity contribution < 1.29 is 19.2 Å². The van der Waals surface area contributed by atoms with Crippen molar-refractivity contribution in [3.8, 4) is 0 Å². The number of halogens is 1. The Kier molecular flexibility index (Phi) is 5.20. The summed E-state index contributed by atoms with van der Waals surface area (Å²) in [6.07, 6.45) is 1.40. The van der Waals surface area contributed by atoms with Crippen LogP contribution < -0.4 is 10.6 Å². The number of carbonyl (C=O) groups is 2. The minimum absolute atomic E-state index is 0.0149. The standard InChI is InChI=1S/C15H14ClN3O5/c1-3-6-24-14(20)12-8(2)17-15(21)18-13(12)10-7-9(19(22)23)4-5-11(10)16/h3-5,7,13H,1,6H2,2H3,(H2,17,18,21). The van der Waals surface area contributed by atoms with Gasteiger partial charge in [-0.1, -0.05) is 24.3 Å². The summed E-state index contributed by atoms with van der Waals surface area (Å²) in [4.78, 5) is 34.5. The second-order valence-corrected chi connectivity index (χ2v) is 5.33. The van der Waals surface area contributed by atoms with Crippen LogP contribution in [-0.2, 0) is 9.53 Å². The molecule has 0 aromatic heterocycles. The van der Waals surface area contributed by atoms with Crippen molar-refractivity contribution in [1.82, 2.24) is 10.6 Å². The summed E-state index contributed by atoms with van der Waals surface area (Å²) in [5, 5.41) is 16.2. The lowest BCUT2D eigenvalue weighted by Crippen LogP contribution is -2.45. The van der Waals surface area contributed by atoms with Crippen LogP contribution in [0.25, 0.3) is 0 Å². The van der Waals surface area contributed by atoms with E-state index in [-0.39, 0.29) is 34.2 Å². The first-order chi connectivity index (χ1) is 11.3. The summed E-state index contributed by atoms with van der Waals surface area (Å²) in [6.45, 7) is 4.97. The molecule has 1 aliphatic heterocycles. The number of benzene rings is 1. The molecule has 0 fully saturated rings. The molecule has 1 atom stereocenters. The highest BCUT2D eigenvalue weighted by atomic mass is 35.5. The molecule has 2 N–H and O–H groups in total. The van der Waals surface area contributed by atoms with Gasteiger partial charge >= 0.3 is 12.0 Å². The third-order valence-corrected chi connectivity index (χ3v) is 3.67. The summed E-state index contributed by atoms with van der Waals surface area (Å²) in [5.41, 5.74) is 0.406. The number of esters is 1. The topological polar surface area (TPSA) is 111 Å². The van der Waals surface area contributed by atoms with Crippen molar-refractivity contribution in [2.75, 3.05) is 6.61 Å². The van der Waals surface area contributed by atoms with Crippen molar-refractivity contribution in [2.45, 2.75) is 13.0 Å². The molecule has 0 saturated carbocycles. The van der Waals surface area contributed by atoms with Gasteiger partial charge in [-0.05, 0) is 13.0 Å². The second-order valence-electron chi connectivity index (χ2n) is 4.92. The first-order valence-electron chi connectivity index (χ1n) is 6.85. The third kappa shape index (κ3) is 3.54. The zero-order valence-electron chi connectivity index (χ0n) is 12.7. The summed E-state index contributed by atoms with van der Waals surface area (Å²) in [7, 11) is 0. The van der Waals surface area contributed by atoms with E-state index < -0.39 is 23.0 Å². The van der Waals surface area contributed by atoms with Gasteiger partial charge in [-0.15, -0.1) is 0 Å². The van der Waals surface area contributed by atoms with Gasteiger partial charge in [0.2, 0.25) is 0 Å². The summed E-state index contributed by atoms with van der Waals surface area (Å²) < 4.78 is 5.02. The molecule has 2 rings (SSSR count). The maximum absolute atomic E-state index is 12.3. The van der Waals surface area contributed by atoms with Crippen molar-refractivity contribution in [3.05, 3.63) is 62.8 Å². The van der Waals surface area contributed by atoms with Crippen molar-refractivity contribution >= 4 is 29.3 Å². The minimum Gasteiger partial charge on any atom is -0.458 e. The molecule has 1 unspecified atom stereocenters. The Hall–Kier alpha value is -2.87. The molecule has 9 heteroatoms. The first-order valence-corrected chi connectivity index (χ1v) is 7.23. The van der Waals surface area contributed by atoms with E-state index in [1.165, 1.54) is 31.2 Å². The first kappa shape index (κ1) is 17.5. The van der Waals surface area contributed by atoms with Crippen LogP contribution in [0.3, 0.4) is 0 Å².